The summed E-state index contributed by atoms with van der Waals surface area (Å²) in [6.07, 6.45) is 6.79. The Labute approximate surface area is 111 Å². The minimum atomic E-state index is 0.347. The SMILES string of the molecule is CCc1nnc(-n2ccnc2)c(C(N)=S)c1CC. The summed E-state index contributed by atoms with van der Waals surface area (Å²) >= 11 is 5.16. The summed E-state index contributed by atoms with van der Waals surface area (Å²) in [6.45, 7) is 4.11. The van der Waals surface area contributed by atoms with Gasteiger partial charge in [0.2, 0.25) is 0 Å². The molecule has 2 aromatic heterocycles. The molecule has 2 N–H and O–H groups in total. The molecule has 0 bridgehead atoms. The molecular formula is C12H15N5S. The molecule has 0 aliphatic rings. The van der Waals surface area contributed by atoms with Gasteiger partial charge >= 0.3 is 0 Å². The molecule has 0 spiro atoms. The van der Waals surface area contributed by atoms with Crippen molar-refractivity contribution in [1.29, 1.82) is 0 Å². The van der Waals surface area contributed by atoms with E-state index in [4.69, 9.17) is 18.0 Å². The molecule has 18 heavy (non-hydrogen) atoms. The van der Waals surface area contributed by atoms with Gasteiger partial charge in [-0.2, -0.15) is 5.10 Å². The third kappa shape index (κ3) is 2.11. The van der Waals surface area contributed by atoms with Crippen molar-refractivity contribution < 1.29 is 0 Å². The standard InChI is InChI=1S/C12H15N5S/c1-3-8-9(4-2)15-16-12(10(8)11(13)18)17-6-5-14-7-17/h5-7H,3-4H2,1-2H3,(H2,13,18). The number of rotatable bonds is 4. The number of nitrogens with two attached hydrogens (primary N) is 1. The Morgan fingerprint density at radius 3 is 2.61 bits per heavy atom. The molecule has 6 heteroatoms. The molecule has 0 saturated heterocycles. The van der Waals surface area contributed by atoms with Crippen molar-refractivity contribution in [2.75, 3.05) is 0 Å². The van der Waals surface area contributed by atoms with Gasteiger partial charge in [0.15, 0.2) is 5.82 Å². The molecule has 94 valence electrons. The highest BCUT2D eigenvalue weighted by Gasteiger charge is 2.17. The van der Waals surface area contributed by atoms with Gasteiger partial charge in [-0.25, -0.2) is 4.98 Å². The Bertz CT molecular complexity index is 562. The van der Waals surface area contributed by atoms with Crippen LogP contribution < -0.4 is 5.73 Å². The molecule has 2 aromatic rings. The summed E-state index contributed by atoms with van der Waals surface area (Å²) in [4.78, 5) is 4.36. The van der Waals surface area contributed by atoms with E-state index < -0.39 is 0 Å². The summed E-state index contributed by atoms with van der Waals surface area (Å²) in [5.74, 6) is 0.647. The first-order valence-electron chi connectivity index (χ1n) is 5.85. The van der Waals surface area contributed by atoms with Gasteiger partial charge in [-0.15, -0.1) is 5.10 Å². The lowest BCUT2D eigenvalue weighted by atomic mass is 10.0. The highest BCUT2D eigenvalue weighted by Crippen LogP contribution is 2.19. The molecular weight excluding hydrogens is 246 g/mol. The van der Waals surface area contributed by atoms with E-state index in [1.165, 1.54) is 0 Å². The van der Waals surface area contributed by atoms with Crippen molar-refractivity contribution in [1.82, 2.24) is 19.7 Å². The maximum Gasteiger partial charge on any atom is 0.171 e. The van der Waals surface area contributed by atoms with E-state index in [2.05, 4.69) is 22.1 Å². The second-order valence-electron chi connectivity index (χ2n) is 3.87. The van der Waals surface area contributed by atoms with Crippen LogP contribution in [0, 0.1) is 0 Å². The maximum absolute atomic E-state index is 5.85. The van der Waals surface area contributed by atoms with Gasteiger partial charge < -0.3 is 5.73 Å². The van der Waals surface area contributed by atoms with Crippen LogP contribution in [0.4, 0.5) is 0 Å². The zero-order chi connectivity index (χ0) is 13.1. The van der Waals surface area contributed by atoms with Gasteiger partial charge in [-0.3, -0.25) is 4.57 Å². The fraction of sp³-hybridized carbons (Fsp3) is 0.333. The monoisotopic (exact) mass is 261 g/mol. The van der Waals surface area contributed by atoms with E-state index in [-0.39, 0.29) is 0 Å². The fourth-order valence-electron chi connectivity index (χ4n) is 1.99. The van der Waals surface area contributed by atoms with E-state index in [1.807, 2.05) is 6.92 Å². The molecule has 0 fully saturated rings. The van der Waals surface area contributed by atoms with E-state index >= 15 is 0 Å². The zero-order valence-corrected chi connectivity index (χ0v) is 11.2. The van der Waals surface area contributed by atoms with Crippen molar-refractivity contribution >= 4 is 17.2 Å². The quantitative estimate of drug-likeness (QED) is 0.843. The molecule has 0 aliphatic heterocycles. The largest absolute Gasteiger partial charge is 0.389 e. The summed E-state index contributed by atoms with van der Waals surface area (Å²) in [7, 11) is 0. The highest BCUT2D eigenvalue weighted by molar-refractivity contribution is 7.80. The summed E-state index contributed by atoms with van der Waals surface area (Å²) in [6, 6.07) is 0. The topological polar surface area (TPSA) is 69.6 Å². The normalized spacial score (nSPS) is 10.6. The van der Waals surface area contributed by atoms with Gasteiger partial charge in [0.25, 0.3) is 0 Å². The second kappa shape index (κ2) is 5.22. The van der Waals surface area contributed by atoms with E-state index in [0.717, 1.165) is 29.7 Å². The van der Waals surface area contributed by atoms with E-state index in [0.29, 0.717) is 10.8 Å². The van der Waals surface area contributed by atoms with Crippen LogP contribution in [0.2, 0.25) is 0 Å². The van der Waals surface area contributed by atoms with Crippen LogP contribution in [0.3, 0.4) is 0 Å². The highest BCUT2D eigenvalue weighted by atomic mass is 32.1. The van der Waals surface area contributed by atoms with Gasteiger partial charge in [0.1, 0.15) is 11.3 Å². The molecule has 0 saturated carbocycles. The molecule has 0 aromatic carbocycles. The molecule has 0 aliphatic carbocycles. The predicted octanol–water partition coefficient (Wildman–Crippen LogP) is 1.42. The first kappa shape index (κ1) is 12.6. The van der Waals surface area contributed by atoms with Crippen LogP contribution in [-0.4, -0.2) is 24.7 Å². The lowest BCUT2D eigenvalue weighted by molar-refractivity contribution is 0.832. The van der Waals surface area contributed by atoms with Crippen LogP contribution in [0.25, 0.3) is 5.82 Å². The molecule has 5 nitrogen and oxygen atoms in total. The van der Waals surface area contributed by atoms with Gasteiger partial charge in [-0.05, 0) is 18.4 Å². The lowest BCUT2D eigenvalue weighted by Gasteiger charge is -2.14. The fourth-order valence-corrected chi connectivity index (χ4v) is 2.20. The Hall–Kier alpha value is -1.82. The summed E-state index contributed by atoms with van der Waals surface area (Å²) in [5, 5.41) is 8.48. The minimum absolute atomic E-state index is 0.347. The number of hydrogen-bond acceptors (Lipinski definition) is 4. The number of aromatic nitrogens is 4. The van der Waals surface area contributed by atoms with Crippen molar-refractivity contribution in [2.24, 2.45) is 5.73 Å². The van der Waals surface area contributed by atoms with Crippen molar-refractivity contribution in [3.63, 3.8) is 0 Å². The minimum Gasteiger partial charge on any atom is -0.389 e. The Morgan fingerprint density at radius 2 is 2.11 bits per heavy atom. The number of aryl methyl sites for hydroxylation is 1. The van der Waals surface area contributed by atoms with Crippen LogP contribution in [0.5, 0.6) is 0 Å². The number of thiocarbonyl (C=S) groups is 1. The van der Waals surface area contributed by atoms with Crippen LogP contribution in [-0.2, 0) is 12.8 Å². The number of hydrogen-bond donors (Lipinski definition) is 1. The first-order chi connectivity index (χ1) is 8.69. The zero-order valence-electron chi connectivity index (χ0n) is 10.4. The Kier molecular flexibility index (Phi) is 3.66. The molecule has 0 unspecified atom stereocenters. The first-order valence-corrected chi connectivity index (χ1v) is 6.26. The van der Waals surface area contributed by atoms with Gasteiger partial charge in [0.05, 0.1) is 11.3 Å². The molecule has 0 amide bonds. The smallest absolute Gasteiger partial charge is 0.171 e. The summed E-state index contributed by atoms with van der Waals surface area (Å²) in [5.41, 5.74) is 8.67. The third-order valence-electron chi connectivity index (χ3n) is 2.82. The molecule has 2 rings (SSSR count). The van der Waals surface area contributed by atoms with Crippen molar-refractivity contribution in [2.45, 2.75) is 26.7 Å². The van der Waals surface area contributed by atoms with Crippen molar-refractivity contribution in [3.05, 3.63) is 35.5 Å². The maximum atomic E-state index is 5.85. The number of nitrogens with zero attached hydrogens (tertiary/aromatic N) is 4. The molecule has 2 heterocycles. The van der Waals surface area contributed by atoms with Crippen LogP contribution in [0.15, 0.2) is 18.7 Å². The molecule has 0 atom stereocenters. The van der Waals surface area contributed by atoms with Gasteiger partial charge in [-0.1, -0.05) is 26.1 Å². The van der Waals surface area contributed by atoms with Gasteiger partial charge in [0, 0.05) is 12.4 Å². The predicted molar refractivity (Wildman–Crippen MR) is 73.8 cm³/mol. The second-order valence-corrected chi connectivity index (χ2v) is 4.30. The molecule has 0 radical (unpaired) electrons. The number of imidazole rings is 1. The Balaban J connectivity index is 2.71. The third-order valence-corrected chi connectivity index (χ3v) is 3.03. The van der Waals surface area contributed by atoms with Crippen molar-refractivity contribution in [3.8, 4) is 5.82 Å². The van der Waals surface area contributed by atoms with E-state index in [1.54, 1.807) is 23.3 Å². The average molecular weight is 261 g/mol. The van der Waals surface area contributed by atoms with E-state index in [9.17, 15) is 0 Å². The van der Waals surface area contributed by atoms with Crippen LogP contribution in [0.1, 0.15) is 30.7 Å². The average Bonchev–Trinajstić information content (AvgIpc) is 2.90. The lowest BCUT2D eigenvalue weighted by Crippen LogP contribution is -2.20. The summed E-state index contributed by atoms with van der Waals surface area (Å²) < 4.78 is 1.78. The van der Waals surface area contributed by atoms with Crippen LogP contribution >= 0.6 is 12.2 Å². The Morgan fingerprint density at radius 1 is 1.33 bits per heavy atom.